The summed E-state index contributed by atoms with van der Waals surface area (Å²) in [7, 11) is 1.91. The lowest BCUT2D eigenvalue weighted by Crippen LogP contribution is -2.25. The fourth-order valence-corrected chi connectivity index (χ4v) is 0.591. The topological polar surface area (TPSA) is 66.3 Å². The first kappa shape index (κ1) is 9.74. The van der Waals surface area contributed by atoms with E-state index in [-0.39, 0.29) is 0 Å². The molecule has 1 heterocycles. The predicted octanol–water partition coefficient (Wildman–Crippen LogP) is -0.123. The molecule has 0 unspecified atom stereocenters. The van der Waals surface area contributed by atoms with E-state index in [1.807, 2.05) is 24.0 Å². The molecule has 1 rings (SSSR count). The van der Waals surface area contributed by atoms with Crippen molar-refractivity contribution in [3.05, 3.63) is 35.3 Å². The van der Waals surface area contributed by atoms with Crippen LogP contribution in [0.3, 0.4) is 0 Å². The molecule has 0 aliphatic rings. The van der Waals surface area contributed by atoms with E-state index >= 15 is 0 Å². The van der Waals surface area contributed by atoms with Gasteiger partial charge in [-0.2, -0.15) is 0 Å². The Labute approximate surface area is 64.8 Å². The Hall–Kier alpha value is -1.26. The van der Waals surface area contributed by atoms with Gasteiger partial charge in [-0.3, -0.25) is 4.79 Å². The first-order valence-corrected chi connectivity index (χ1v) is 2.91. The van der Waals surface area contributed by atoms with Crippen LogP contribution in [0.1, 0.15) is 10.4 Å². The van der Waals surface area contributed by atoms with Gasteiger partial charge >= 0.3 is 0 Å². The molecule has 4 nitrogen and oxygen atoms in total. The van der Waals surface area contributed by atoms with Gasteiger partial charge in [0.15, 0.2) is 18.7 Å². The monoisotopic (exact) mass is 152 g/mol. The summed E-state index contributed by atoms with van der Waals surface area (Å²) in [6.45, 7) is 0. The van der Waals surface area contributed by atoms with Crippen molar-refractivity contribution >= 4 is 6.29 Å². The van der Waals surface area contributed by atoms with Crippen LogP contribution < -0.4 is 10.5 Å². The van der Waals surface area contributed by atoms with Gasteiger partial charge in [-0.05, 0) is 0 Å². The first-order chi connectivity index (χ1) is 5.33. The molecule has 58 valence electrons. The molecular weight excluding hydrogens is 144 g/mol. The fourth-order valence-electron chi connectivity index (χ4n) is 0.591. The van der Waals surface area contributed by atoms with Crippen LogP contribution in [-0.4, -0.2) is 6.29 Å². The Bertz CT molecular complexity index is 208. The number of hydrogen-bond donors (Lipinski definition) is 0. The third kappa shape index (κ3) is 3.44. The zero-order chi connectivity index (χ0) is 8.69. The Kier molecular flexibility index (Phi) is 4.89. The molecule has 0 fully saturated rings. The summed E-state index contributed by atoms with van der Waals surface area (Å²) >= 11 is 0. The fraction of sp³-hybridized carbons (Fsp3) is 0.143. The highest BCUT2D eigenvalue weighted by Gasteiger charge is 1.90. The third-order valence-corrected chi connectivity index (χ3v) is 1.14. The zero-order valence-corrected chi connectivity index (χ0v) is 6.10. The van der Waals surface area contributed by atoms with E-state index < -0.39 is 0 Å². The van der Waals surface area contributed by atoms with Crippen molar-refractivity contribution in [2.24, 2.45) is 7.05 Å². The molecule has 0 spiro atoms. The van der Waals surface area contributed by atoms with Crippen LogP contribution in [0.5, 0.6) is 0 Å². The highest BCUT2D eigenvalue weighted by molar-refractivity contribution is 5.73. The minimum Gasteiger partial charge on any atom is -0.757 e. The van der Waals surface area contributed by atoms with Crippen LogP contribution in [0, 0.1) is 5.21 Å². The molecule has 11 heavy (non-hydrogen) atoms. The summed E-state index contributed by atoms with van der Waals surface area (Å²) in [6.07, 6.45) is 4.51. The van der Waals surface area contributed by atoms with E-state index in [4.69, 9.17) is 11.1 Å². The molecular formula is C7H8N2O2. The van der Waals surface area contributed by atoms with E-state index in [2.05, 4.69) is 0 Å². The molecule has 0 amide bonds. The van der Waals surface area contributed by atoms with Crippen molar-refractivity contribution in [1.82, 2.24) is 5.90 Å². The van der Waals surface area contributed by atoms with Gasteiger partial charge in [0.2, 0.25) is 0 Å². The number of pyridine rings is 1. The number of aromatic nitrogens is 1. The van der Waals surface area contributed by atoms with Gasteiger partial charge in [0.05, 0.1) is 0 Å². The normalized spacial score (nSPS) is 7.91. The SMILES string of the molecule is C[n+]1ccc(C=O)cc1.[N][O-]. The number of nitrogens with zero attached hydrogens (tertiary/aromatic N) is 2. The van der Waals surface area contributed by atoms with E-state index in [1.165, 1.54) is 0 Å². The summed E-state index contributed by atoms with van der Waals surface area (Å²) in [6, 6.07) is 3.54. The van der Waals surface area contributed by atoms with Gasteiger partial charge in [0.25, 0.3) is 0 Å². The second kappa shape index (κ2) is 5.52. The maximum atomic E-state index is 10.1. The van der Waals surface area contributed by atoms with Crippen LogP contribution in [0.4, 0.5) is 0 Å². The lowest BCUT2D eigenvalue weighted by molar-refractivity contribution is -0.671. The van der Waals surface area contributed by atoms with Gasteiger partial charge in [-0.25, -0.2) is 10.5 Å². The van der Waals surface area contributed by atoms with Crippen molar-refractivity contribution in [3.8, 4) is 0 Å². The van der Waals surface area contributed by atoms with Crippen molar-refractivity contribution in [1.29, 1.82) is 0 Å². The lowest BCUT2D eigenvalue weighted by Gasteiger charge is -1.84. The molecule has 0 aliphatic heterocycles. The number of rotatable bonds is 1. The van der Waals surface area contributed by atoms with E-state index in [1.54, 1.807) is 12.1 Å². The molecule has 2 radical (unpaired) electrons. The predicted molar refractivity (Wildman–Crippen MR) is 38.5 cm³/mol. The number of aldehydes is 1. The molecule has 4 heteroatoms. The Morgan fingerprint density at radius 2 is 1.91 bits per heavy atom. The minimum absolute atomic E-state index is 0.716. The molecule has 0 N–H and O–H groups in total. The maximum absolute atomic E-state index is 10.1. The Morgan fingerprint density at radius 3 is 2.27 bits per heavy atom. The summed E-state index contributed by atoms with van der Waals surface area (Å²) < 4.78 is 1.88. The smallest absolute Gasteiger partial charge is 0.169 e. The first-order valence-electron chi connectivity index (χ1n) is 2.91. The molecule has 1 aromatic heterocycles. The molecule has 0 bridgehead atoms. The zero-order valence-electron chi connectivity index (χ0n) is 6.10. The van der Waals surface area contributed by atoms with E-state index in [0.717, 1.165) is 6.29 Å². The van der Waals surface area contributed by atoms with Crippen molar-refractivity contribution in [3.63, 3.8) is 0 Å². The van der Waals surface area contributed by atoms with Crippen LogP contribution in [0.25, 0.3) is 0 Å². The minimum atomic E-state index is 0.716. The quantitative estimate of drug-likeness (QED) is 0.320. The van der Waals surface area contributed by atoms with Crippen LogP contribution in [0.15, 0.2) is 24.5 Å². The summed E-state index contributed by atoms with van der Waals surface area (Å²) in [4.78, 5) is 10.1. The number of carbonyl (C=O) groups is 1. The summed E-state index contributed by atoms with van der Waals surface area (Å²) in [5.41, 5.74) is 0.716. The largest absolute Gasteiger partial charge is 0.757 e. The van der Waals surface area contributed by atoms with Crippen LogP contribution in [-0.2, 0) is 7.05 Å². The molecule has 0 aromatic carbocycles. The van der Waals surface area contributed by atoms with Gasteiger partial charge in [0, 0.05) is 17.7 Å². The number of hydrogen-bond acceptors (Lipinski definition) is 2. The second-order valence-corrected chi connectivity index (χ2v) is 1.91. The highest BCUT2D eigenvalue weighted by Crippen LogP contribution is 1.86. The van der Waals surface area contributed by atoms with Crippen molar-refractivity contribution in [2.45, 2.75) is 0 Å². The van der Waals surface area contributed by atoms with E-state index in [0.29, 0.717) is 5.56 Å². The Morgan fingerprint density at radius 1 is 1.45 bits per heavy atom. The number of carbonyl (C=O) groups excluding carboxylic acids is 1. The molecule has 0 saturated carbocycles. The second-order valence-electron chi connectivity index (χ2n) is 1.91. The van der Waals surface area contributed by atoms with Crippen molar-refractivity contribution < 1.29 is 9.36 Å². The van der Waals surface area contributed by atoms with Gasteiger partial charge in [0.1, 0.15) is 7.05 Å². The van der Waals surface area contributed by atoms with Crippen LogP contribution >= 0.6 is 0 Å². The van der Waals surface area contributed by atoms with Gasteiger partial charge in [-0.1, -0.05) is 0 Å². The lowest BCUT2D eigenvalue weighted by atomic mass is 10.3. The molecule has 0 atom stereocenters. The van der Waals surface area contributed by atoms with E-state index in [9.17, 15) is 4.79 Å². The number of aryl methyl sites for hydroxylation is 1. The van der Waals surface area contributed by atoms with Crippen LogP contribution in [0.2, 0.25) is 0 Å². The molecule has 1 aromatic rings. The van der Waals surface area contributed by atoms with Crippen molar-refractivity contribution in [2.75, 3.05) is 0 Å². The maximum Gasteiger partial charge on any atom is 0.169 e. The average molecular weight is 152 g/mol. The van der Waals surface area contributed by atoms with Gasteiger partial charge < -0.3 is 5.21 Å². The summed E-state index contributed by atoms with van der Waals surface area (Å²) in [5.74, 6) is 5.75. The summed E-state index contributed by atoms with van der Waals surface area (Å²) in [5, 5.41) is 7.25. The average Bonchev–Trinajstić information content (AvgIpc) is 2.10. The highest BCUT2D eigenvalue weighted by atomic mass is 16.4. The molecule has 0 saturated heterocycles. The Balaban J connectivity index is 0.000000461. The molecule has 0 aliphatic carbocycles. The van der Waals surface area contributed by atoms with Gasteiger partial charge in [-0.15, -0.1) is 0 Å². The third-order valence-electron chi connectivity index (χ3n) is 1.14. The standard InChI is InChI=1S/C7H8NO.NO/c1-8-4-2-7(6-9)3-5-8;1-2/h2-6H,1H3;/q+1;-1.